The van der Waals surface area contributed by atoms with Crippen LogP contribution in [0, 0.1) is 5.92 Å². The van der Waals surface area contributed by atoms with Gasteiger partial charge in [-0.2, -0.15) is 0 Å². The van der Waals surface area contributed by atoms with Gasteiger partial charge >= 0.3 is 0 Å². The minimum atomic E-state index is -0.411. The number of aromatic nitrogens is 3. The van der Waals surface area contributed by atoms with Crippen LogP contribution in [0.15, 0.2) is 41.6 Å². The highest BCUT2D eigenvalue weighted by Gasteiger charge is 2.24. The summed E-state index contributed by atoms with van der Waals surface area (Å²) in [4.78, 5) is 25.3. The van der Waals surface area contributed by atoms with Crippen molar-refractivity contribution >= 4 is 75.7 Å². The summed E-state index contributed by atoms with van der Waals surface area (Å²) in [5, 5.41) is 16.3. The number of hydrogen-bond donors (Lipinski definition) is 2. The second-order valence-corrected chi connectivity index (χ2v) is 10.7. The molecule has 1 heterocycles. The molecular weight excluding hydrogens is 552 g/mol. The molecular formula is C23H23Cl4N5O2S. The third-order valence-electron chi connectivity index (χ3n) is 4.90. The summed E-state index contributed by atoms with van der Waals surface area (Å²) in [5.74, 6) is 0.376. The topological polar surface area (TPSA) is 88.9 Å². The lowest BCUT2D eigenvalue weighted by atomic mass is 10.0. The molecule has 0 saturated heterocycles. The Morgan fingerprint density at radius 3 is 2.40 bits per heavy atom. The molecule has 0 aliphatic rings. The lowest BCUT2D eigenvalue weighted by Gasteiger charge is -2.20. The van der Waals surface area contributed by atoms with Crippen molar-refractivity contribution in [3.8, 4) is 0 Å². The Kier molecular flexibility index (Phi) is 9.72. The van der Waals surface area contributed by atoms with Crippen LogP contribution in [0.1, 0.15) is 42.5 Å². The fourth-order valence-corrected chi connectivity index (χ4v) is 4.78. The summed E-state index contributed by atoms with van der Waals surface area (Å²) >= 11 is 25.3. The van der Waals surface area contributed by atoms with Crippen molar-refractivity contribution in [2.24, 2.45) is 13.0 Å². The van der Waals surface area contributed by atoms with Crippen LogP contribution in [0.2, 0.25) is 20.1 Å². The number of benzene rings is 2. The first-order valence-electron chi connectivity index (χ1n) is 10.6. The molecule has 2 aromatic carbocycles. The Morgan fingerprint density at radius 1 is 1.00 bits per heavy atom. The van der Waals surface area contributed by atoms with E-state index in [0.29, 0.717) is 43.7 Å². The van der Waals surface area contributed by atoms with E-state index in [-0.39, 0.29) is 28.5 Å². The molecule has 12 heteroatoms. The number of thioether (sulfide) groups is 1. The molecule has 2 N–H and O–H groups in total. The SMILES string of the molecule is CC(C)C[C@@H](NC(=O)c1ccc(Cl)cc1Cl)c1nnc(SCC(=O)Nc2ccc(Cl)c(Cl)c2)n1C. The Morgan fingerprint density at radius 2 is 1.74 bits per heavy atom. The molecule has 35 heavy (non-hydrogen) atoms. The number of amides is 2. The fourth-order valence-electron chi connectivity index (χ4n) is 3.27. The number of carbonyl (C=O) groups is 2. The van der Waals surface area contributed by atoms with Gasteiger partial charge in [0.05, 0.1) is 32.4 Å². The number of halogens is 4. The second-order valence-electron chi connectivity index (χ2n) is 8.15. The van der Waals surface area contributed by atoms with E-state index in [1.54, 1.807) is 41.9 Å². The van der Waals surface area contributed by atoms with Crippen molar-refractivity contribution in [1.82, 2.24) is 20.1 Å². The molecule has 0 radical (unpaired) electrons. The van der Waals surface area contributed by atoms with E-state index in [4.69, 9.17) is 46.4 Å². The summed E-state index contributed by atoms with van der Waals surface area (Å²) in [6.45, 7) is 4.10. The molecule has 0 fully saturated rings. The zero-order valence-electron chi connectivity index (χ0n) is 19.1. The van der Waals surface area contributed by atoms with E-state index in [2.05, 4.69) is 20.8 Å². The number of rotatable bonds is 9. The molecule has 3 aromatic rings. The average Bonchev–Trinajstić information content (AvgIpc) is 3.14. The predicted octanol–water partition coefficient (Wildman–Crippen LogP) is 6.68. The summed E-state index contributed by atoms with van der Waals surface area (Å²) in [6.07, 6.45) is 0.630. The van der Waals surface area contributed by atoms with Gasteiger partial charge in [-0.05, 0) is 48.7 Å². The van der Waals surface area contributed by atoms with Gasteiger partial charge in [0.15, 0.2) is 11.0 Å². The molecule has 0 aliphatic heterocycles. The molecule has 1 aromatic heterocycles. The molecule has 0 saturated carbocycles. The van der Waals surface area contributed by atoms with Crippen molar-refractivity contribution in [2.45, 2.75) is 31.5 Å². The molecule has 186 valence electrons. The smallest absolute Gasteiger partial charge is 0.253 e. The van der Waals surface area contributed by atoms with Gasteiger partial charge < -0.3 is 15.2 Å². The highest BCUT2D eigenvalue weighted by Crippen LogP contribution is 2.27. The van der Waals surface area contributed by atoms with Crippen LogP contribution in [0.4, 0.5) is 5.69 Å². The molecule has 3 rings (SSSR count). The Bertz CT molecular complexity index is 1230. The van der Waals surface area contributed by atoms with Crippen molar-refractivity contribution in [2.75, 3.05) is 11.1 Å². The minimum Gasteiger partial charge on any atom is -0.342 e. The van der Waals surface area contributed by atoms with Crippen molar-refractivity contribution in [3.05, 3.63) is 67.9 Å². The van der Waals surface area contributed by atoms with Crippen LogP contribution >= 0.6 is 58.2 Å². The van der Waals surface area contributed by atoms with Gasteiger partial charge in [0.25, 0.3) is 5.91 Å². The quantitative estimate of drug-likeness (QED) is 0.278. The van der Waals surface area contributed by atoms with E-state index >= 15 is 0 Å². The number of nitrogens with one attached hydrogen (secondary N) is 2. The second kappa shape index (κ2) is 12.3. The summed E-state index contributed by atoms with van der Waals surface area (Å²) in [7, 11) is 1.79. The van der Waals surface area contributed by atoms with E-state index in [0.717, 1.165) is 0 Å². The first-order chi connectivity index (χ1) is 16.5. The highest BCUT2D eigenvalue weighted by molar-refractivity contribution is 7.99. The normalized spacial score (nSPS) is 12.0. The van der Waals surface area contributed by atoms with Gasteiger partial charge in [0.1, 0.15) is 0 Å². The molecule has 0 spiro atoms. The van der Waals surface area contributed by atoms with Gasteiger partial charge in [-0.25, -0.2) is 0 Å². The largest absolute Gasteiger partial charge is 0.342 e. The van der Waals surface area contributed by atoms with Crippen LogP contribution in [0.3, 0.4) is 0 Å². The first-order valence-corrected chi connectivity index (χ1v) is 13.1. The zero-order valence-corrected chi connectivity index (χ0v) is 23.0. The predicted molar refractivity (Wildman–Crippen MR) is 143 cm³/mol. The average molecular weight is 575 g/mol. The van der Waals surface area contributed by atoms with E-state index < -0.39 is 6.04 Å². The summed E-state index contributed by atoms with van der Waals surface area (Å²) in [6, 6.07) is 9.17. The molecule has 0 bridgehead atoms. The monoisotopic (exact) mass is 573 g/mol. The standard InChI is InChI=1S/C23H23Cl4N5O2S/c1-12(2)8-19(29-22(34)15-6-4-13(24)9-17(15)26)21-30-31-23(32(21)3)35-11-20(33)28-14-5-7-16(25)18(27)10-14/h4-7,9-10,12,19H,8,11H2,1-3H3,(H,28,33)(H,29,34)/t19-/m1/s1. The molecule has 7 nitrogen and oxygen atoms in total. The first kappa shape index (κ1) is 27.6. The Hall–Kier alpha value is -1.97. The van der Waals surface area contributed by atoms with Crippen LogP contribution < -0.4 is 10.6 Å². The van der Waals surface area contributed by atoms with Crippen molar-refractivity contribution in [3.63, 3.8) is 0 Å². The molecule has 1 atom stereocenters. The third-order valence-corrected chi connectivity index (χ3v) is 7.21. The highest BCUT2D eigenvalue weighted by atomic mass is 35.5. The van der Waals surface area contributed by atoms with E-state index in [1.165, 1.54) is 17.8 Å². The fraction of sp³-hybridized carbons (Fsp3) is 0.304. The maximum Gasteiger partial charge on any atom is 0.253 e. The van der Waals surface area contributed by atoms with Gasteiger partial charge in [-0.15, -0.1) is 10.2 Å². The lowest BCUT2D eigenvalue weighted by Crippen LogP contribution is -2.31. The molecule has 0 aliphatic carbocycles. The Balaban J connectivity index is 1.69. The molecule has 2 amide bonds. The van der Waals surface area contributed by atoms with Crippen LogP contribution in [0.5, 0.6) is 0 Å². The Labute approximate surface area is 227 Å². The summed E-state index contributed by atoms with van der Waals surface area (Å²) < 4.78 is 1.77. The number of carbonyl (C=O) groups excluding carboxylic acids is 2. The number of hydrogen-bond acceptors (Lipinski definition) is 5. The summed E-state index contributed by atoms with van der Waals surface area (Å²) in [5.41, 5.74) is 0.866. The van der Waals surface area contributed by atoms with Crippen LogP contribution in [0.25, 0.3) is 0 Å². The third kappa shape index (κ3) is 7.51. The van der Waals surface area contributed by atoms with Gasteiger partial charge in [0.2, 0.25) is 5.91 Å². The minimum absolute atomic E-state index is 0.105. The maximum atomic E-state index is 12.9. The van der Waals surface area contributed by atoms with Gasteiger partial charge in [-0.1, -0.05) is 72.0 Å². The van der Waals surface area contributed by atoms with Crippen LogP contribution in [-0.4, -0.2) is 32.3 Å². The number of anilines is 1. The van der Waals surface area contributed by atoms with Crippen molar-refractivity contribution < 1.29 is 9.59 Å². The van der Waals surface area contributed by atoms with Gasteiger partial charge in [-0.3, -0.25) is 9.59 Å². The maximum absolute atomic E-state index is 12.9. The van der Waals surface area contributed by atoms with Gasteiger partial charge in [0, 0.05) is 17.8 Å². The van der Waals surface area contributed by atoms with E-state index in [9.17, 15) is 9.59 Å². The van der Waals surface area contributed by atoms with E-state index in [1.807, 2.05) is 13.8 Å². The number of nitrogens with zero attached hydrogens (tertiary/aromatic N) is 3. The van der Waals surface area contributed by atoms with Crippen molar-refractivity contribution in [1.29, 1.82) is 0 Å². The van der Waals surface area contributed by atoms with Crippen LogP contribution in [-0.2, 0) is 11.8 Å². The zero-order chi connectivity index (χ0) is 25.7. The molecule has 0 unspecified atom stereocenters. The lowest BCUT2D eigenvalue weighted by molar-refractivity contribution is -0.113.